The third kappa shape index (κ3) is 3.32. The Morgan fingerprint density at radius 3 is 2.89 bits per heavy atom. The van der Waals surface area contributed by atoms with Crippen LogP contribution in [0.2, 0.25) is 0 Å². The minimum atomic E-state index is -0.721. The second kappa shape index (κ2) is 5.69. The number of carbonyl (C=O) groups is 1. The molecule has 2 rings (SSSR count). The smallest absolute Gasteiger partial charge is 0.308 e. The van der Waals surface area contributed by atoms with Crippen molar-refractivity contribution in [1.82, 2.24) is 15.0 Å². The van der Waals surface area contributed by atoms with Crippen molar-refractivity contribution in [3.05, 3.63) is 11.7 Å². The van der Waals surface area contributed by atoms with Crippen LogP contribution >= 0.6 is 0 Å². The van der Waals surface area contributed by atoms with Crippen LogP contribution in [0.4, 0.5) is 0 Å². The van der Waals surface area contributed by atoms with Crippen molar-refractivity contribution in [3.63, 3.8) is 0 Å². The number of hydrogen-bond acceptors (Lipinski definition) is 5. The zero-order valence-corrected chi connectivity index (χ0v) is 11.7. The molecule has 6 nitrogen and oxygen atoms in total. The molecule has 0 amide bonds. The van der Waals surface area contributed by atoms with Crippen molar-refractivity contribution in [2.75, 3.05) is 6.54 Å². The van der Waals surface area contributed by atoms with Gasteiger partial charge in [0, 0.05) is 12.5 Å². The normalized spacial score (nSPS) is 24.2. The largest absolute Gasteiger partial charge is 0.481 e. The van der Waals surface area contributed by atoms with E-state index in [1.54, 1.807) is 0 Å². The molecule has 1 fully saturated rings. The van der Waals surface area contributed by atoms with Gasteiger partial charge in [0.2, 0.25) is 5.89 Å². The summed E-state index contributed by atoms with van der Waals surface area (Å²) in [6.07, 6.45) is 1.49. The molecule has 0 bridgehead atoms. The molecule has 1 aromatic rings. The quantitative estimate of drug-likeness (QED) is 0.872. The van der Waals surface area contributed by atoms with Gasteiger partial charge in [-0.25, -0.2) is 0 Å². The minimum absolute atomic E-state index is 0.0120. The standard InChI is InChI=1S/C13H21N3O3/c1-8(2)6-11-14-12(19-15-11)7-16-5-4-10(9(16)3)13(17)18/h8-10H,4-7H2,1-3H3,(H,17,18). The zero-order valence-electron chi connectivity index (χ0n) is 11.7. The van der Waals surface area contributed by atoms with E-state index in [1.165, 1.54) is 0 Å². The second-order valence-electron chi connectivity index (χ2n) is 5.65. The number of carboxylic acids is 1. The molecule has 1 saturated heterocycles. The van der Waals surface area contributed by atoms with Crippen LogP contribution in [0, 0.1) is 11.8 Å². The van der Waals surface area contributed by atoms with E-state index in [2.05, 4.69) is 28.9 Å². The minimum Gasteiger partial charge on any atom is -0.481 e. The maximum absolute atomic E-state index is 11.1. The summed E-state index contributed by atoms with van der Waals surface area (Å²) in [6, 6.07) is 0.0120. The van der Waals surface area contributed by atoms with E-state index < -0.39 is 5.97 Å². The van der Waals surface area contributed by atoms with E-state index in [0.717, 1.165) is 18.8 Å². The van der Waals surface area contributed by atoms with Crippen LogP contribution in [-0.2, 0) is 17.8 Å². The van der Waals surface area contributed by atoms with Crippen LogP contribution in [0.25, 0.3) is 0 Å². The lowest BCUT2D eigenvalue weighted by Crippen LogP contribution is -2.32. The van der Waals surface area contributed by atoms with Crippen molar-refractivity contribution in [1.29, 1.82) is 0 Å². The van der Waals surface area contributed by atoms with Crippen LogP contribution in [0.15, 0.2) is 4.52 Å². The molecule has 1 aliphatic rings. The van der Waals surface area contributed by atoms with Crippen LogP contribution < -0.4 is 0 Å². The SMILES string of the molecule is CC(C)Cc1noc(CN2CCC(C(=O)O)C2C)n1. The number of hydrogen-bond donors (Lipinski definition) is 1. The highest BCUT2D eigenvalue weighted by Gasteiger charge is 2.36. The summed E-state index contributed by atoms with van der Waals surface area (Å²) >= 11 is 0. The summed E-state index contributed by atoms with van der Waals surface area (Å²) < 4.78 is 5.22. The maximum atomic E-state index is 11.1. The molecule has 19 heavy (non-hydrogen) atoms. The molecule has 0 radical (unpaired) electrons. The molecular weight excluding hydrogens is 246 g/mol. The lowest BCUT2D eigenvalue weighted by Gasteiger charge is -2.20. The van der Waals surface area contributed by atoms with Gasteiger partial charge < -0.3 is 9.63 Å². The van der Waals surface area contributed by atoms with Crippen molar-refractivity contribution in [2.24, 2.45) is 11.8 Å². The predicted octanol–water partition coefficient (Wildman–Crippen LogP) is 1.56. The number of aliphatic carboxylic acids is 1. The Kier molecular flexibility index (Phi) is 4.19. The maximum Gasteiger partial charge on any atom is 0.308 e. The van der Waals surface area contributed by atoms with Gasteiger partial charge in [0.05, 0.1) is 12.5 Å². The van der Waals surface area contributed by atoms with Crippen molar-refractivity contribution < 1.29 is 14.4 Å². The van der Waals surface area contributed by atoms with Gasteiger partial charge in [0.15, 0.2) is 5.82 Å². The topological polar surface area (TPSA) is 79.5 Å². The van der Waals surface area contributed by atoms with Gasteiger partial charge in [-0.1, -0.05) is 19.0 Å². The van der Waals surface area contributed by atoms with E-state index in [0.29, 0.717) is 24.8 Å². The zero-order chi connectivity index (χ0) is 14.0. The molecule has 0 spiro atoms. The van der Waals surface area contributed by atoms with Crippen LogP contribution in [0.5, 0.6) is 0 Å². The van der Waals surface area contributed by atoms with Gasteiger partial charge >= 0.3 is 5.97 Å². The monoisotopic (exact) mass is 267 g/mol. The first-order chi connectivity index (χ1) is 8.97. The first kappa shape index (κ1) is 14.0. The molecule has 1 N–H and O–H groups in total. The molecule has 1 aromatic heterocycles. The Morgan fingerprint density at radius 1 is 1.58 bits per heavy atom. The van der Waals surface area contributed by atoms with Crippen LogP contribution in [-0.4, -0.2) is 38.7 Å². The Labute approximate surface area is 112 Å². The molecule has 2 unspecified atom stereocenters. The molecular formula is C13H21N3O3. The third-order valence-electron chi connectivity index (χ3n) is 3.64. The van der Waals surface area contributed by atoms with Gasteiger partial charge in [0.25, 0.3) is 0 Å². The van der Waals surface area contributed by atoms with Gasteiger partial charge in [-0.15, -0.1) is 0 Å². The molecule has 2 heterocycles. The summed E-state index contributed by atoms with van der Waals surface area (Å²) in [7, 11) is 0. The molecule has 0 saturated carbocycles. The van der Waals surface area contributed by atoms with Gasteiger partial charge in [0.1, 0.15) is 0 Å². The van der Waals surface area contributed by atoms with E-state index in [4.69, 9.17) is 9.63 Å². The fraction of sp³-hybridized carbons (Fsp3) is 0.769. The number of likely N-dealkylation sites (tertiary alicyclic amines) is 1. The van der Waals surface area contributed by atoms with Gasteiger partial charge in [-0.2, -0.15) is 4.98 Å². The summed E-state index contributed by atoms with van der Waals surface area (Å²) in [5, 5.41) is 13.0. The molecule has 0 aromatic carbocycles. The lowest BCUT2D eigenvalue weighted by atomic mass is 10.0. The van der Waals surface area contributed by atoms with Crippen molar-refractivity contribution in [2.45, 2.75) is 46.2 Å². The predicted molar refractivity (Wildman–Crippen MR) is 68.5 cm³/mol. The Bertz CT molecular complexity index is 444. The van der Waals surface area contributed by atoms with Gasteiger partial charge in [-0.05, 0) is 25.8 Å². The number of rotatable bonds is 5. The van der Waals surface area contributed by atoms with Crippen LogP contribution in [0.3, 0.4) is 0 Å². The average molecular weight is 267 g/mol. The fourth-order valence-electron chi connectivity index (χ4n) is 2.53. The van der Waals surface area contributed by atoms with E-state index >= 15 is 0 Å². The highest BCUT2D eigenvalue weighted by molar-refractivity contribution is 5.71. The Hall–Kier alpha value is -1.43. The molecule has 2 atom stereocenters. The lowest BCUT2D eigenvalue weighted by molar-refractivity contribution is -0.142. The van der Waals surface area contributed by atoms with E-state index in [9.17, 15) is 4.79 Å². The first-order valence-electron chi connectivity index (χ1n) is 6.75. The first-order valence-corrected chi connectivity index (χ1v) is 6.75. The van der Waals surface area contributed by atoms with Crippen molar-refractivity contribution in [3.8, 4) is 0 Å². The summed E-state index contributed by atoms with van der Waals surface area (Å²) in [4.78, 5) is 17.5. The number of aromatic nitrogens is 2. The van der Waals surface area contributed by atoms with Gasteiger partial charge in [-0.3, -0.25) is 9.69 Å². The Morgan fingerprint density at radius 2 is 2.32 bits per heavy atom. The summed E-state index contributed by atoms with van der Waals surface area (Å²) in [5.74, 6) is 0.784. The third-order valence-corrected chi connectivity index (χ3v) is 3.64. The Balaban J connectivity index is 1.95. The number of nitrogens with zero attached hydrogens (tertiary/aromatic N) is 3. The second-order valence-corrected chi connectivity index (χ2v) is 5.65. The fourth-order valence-corrected chi connectivity index (χ4v) is 2.53. The molecule has 106 valence electrons. The molecule has 0 aliphatic carbocycles. The highest BCUT2D eigenvalue weighted by atomic mass is 16.5. The molecule has 1 aliphatic heterocycles. The van der Waals surface area contributed by atoms with Crippen LogP contribution in [0.1, 0.15) is 38.9 Å². The number of carboxylic acid groups (broad SMARTS) is 1. The highest BCUT2D eigenvalue weighted by Crippen LogP contribution is 2.25. The molecule has 6 heteroatoms. The summed E-state index contributed by atoms with van der Waals surface area (Å²) in [6.45, 7) is 7.46. The van der Waals surface area contributed by atoms with Crippen molar-refractivity contribution >= 4 is 5.97 Å². The van der Waals surface area contributed by atoms with E-state index in [1.807, 2.05) is 6.92 Å². The summed E-state index contributed by atoms with van der Waals surface area (Å²) in [5.41, 5.74) is 0. The van der Waals surface area contributed by atoms with E-state index in [-0.39, 0.29) is 12.0 Å². The average Bonchev–Trinajstić information content (AvgIpc) is 2.87.